The first-order valence-electron chi connectivity index (χ1n) is 5.56. The summed E-state index contributed by atoms with van der Waals surface area (Å²) in [6.07, 6.45) is 8.69. The highest BCUT2D eigenvalue weighted by atomic mass is 35.5. The molecule has 0 N–H and O–H groups in total. The SMILES string of the molecule is ClCc1cccnc1SC1CCCCC1. The maximum absolute atomic E-state index is 5.90. The van der Waals surface area contributed by atoms with Crippen molar-refractivity contribution < 1.29 is 0 Å². The molecule has 1 aromatic heterocycles. The standard InChI is InChI=1S/C12H16ClNS/c13-9-10-5-4-8-14-12(10)15-11-6-2-1-3-7-11/h4-5,8,11H,1-3,6-7,9H2. The Hall–Kier alpha value is -0.210. The van der Waals surface area contributed by atoms with Gasteiger partial charge in [-0.25, -0.2) is 4.98 Å². The fourth-order valence-corrected chi connectivity index (χ4v) is 3.57. The summed E-state index contributed by atoms with van der Waals surface area (Å²) >= 11 is 7.82. The van der Waals surface area contributed by atoms with E-state index in [0.717, 1.165) is 10.3 Å². The molecular formula is C12H16ClNS. The number of nitrogens with zero attached hydrogens (tertiary/aromatic N) is 1. The highest BCUT2D eigenvalue weighted by Crippen LogP contribution is 2.34. The average molecular weight is 242 g/mol. The zero-order valence-electron chi connectivity index (χ0n) is 8.79. The van der Waals surface area contributed by atoms with Crippen LogP contribution >= 0.6 is 23.4 Å². The number of alkyl halides is 1. The average Bonchev–Trinajstić information content (AvgIpc) is 2.31. The van der Waals surface area contributed by atoms with Gasteiger partial charge < -0.3 is 0 Å². The second-order valence-corrected chi connectivity index (χ2v) is 5.54. The molecular weight excluding hydrogens is 226 g/mol. The lowest BCUT2D eigenvalue weighted by Gasteiger charge is -2.21. The molecule has 0 spiro atoms. The molecule has 0 aliphatic heterocycles. The smallest absolute Gasteiger partial charge is 0.101 e. The van der Waals surface area contributed by atoms with Crippen LogP contribution in [0.15, 0.2) is 23.4 Å². The fourth-order valence-electron chi connectivity index (χ4n) is 1.97. The molecule has 1 nitrogen and oxygen atoms in total. The van der Waals surface area contributed by atoms with Crippen LogP contribution in [0.3, 0.4) is 0 Å². The van der Waals surface area contributed by atoms with Gasteiger partial charge in [0.15, 0.2) is 0 Å². The first kappa shape index (κ1) is 11.3. The summed E-state index contributed by atoms with van der Waals surface area (Å²) < 4.78 is 0. The van der Waals surface area contributed by atoms with E-state index in [4.69, 9.17) is 11.6 Å². The Labute approximate surface area is 101 Å². The van der Waals surface area contributed by atoms with Crippen molar-refractivity contribution >= 4 is 23.4 Å². The van der Waals surface area contributed by atoms with Crippen molar-refractivity contribution in [2.75, 3.05) is 0 Å². The van der Waals surface area contributed by atoms with Crippen molar-refractivity contribution in [1.82, 2.24) is 4.98 Å². The molecule has 82 valence electrons. The zero-order chi connectivity index (χ0) is 10.5. The summed E-state index contributed by atoms with van der Waals surface area (Å²) in [6, 6.07) is 4.04. The molecule has 0 aromatic carbocycles. The summed E-state index contributed by atoms with van der Waals surface area (Å²) in [5, 5.41) is 1.90. The monoisotopic (exact) mass is 241 g/mol. The molecule has 3 heteroatoms. The number of hydrogen-bond acceptors (Lipinski definition) is 2. The third kappa shape index (κ3) is 3.12. The predicted octanol–water partition coefficient (Wildman–Crippen LogP) is 4.25. The molecule has 0 radical (unpaired) electrons. The van der Waals surface area contributed by atoms with E-state index in [0.29, 0.717) is 5.88 Å². The minimum Gasteiger partial charge on any atom is -0.250 e. The van der Waals surface area contributed by atoms with Crippen LogP contribution in [0.1, 0.15) is 37.7 Å². The first-order valence-corrected chi connectivity index (χ1v) is 6.98. The van der Waals surface area contributed by atoms with E-state index in [9.17, 15) is 0 Å². The molecule has 1 heterocycles. The van der Waals surface area contributed by atoms with Crippen LogP contribution in [0.2, 0.25) is 0 Å². The number of aromatic nitrogens is 1. The van der Waals surface area contributed by atoms with Crippen molar-refractivity contribution in [3.05, 3.63) is 23.9 Å². The van der Waals surface area contributed by atoms with Gasteiger partial charge in [-0.15, -0.1) is 23.4 Å². The third-order valence-corrected chi connectivity index (χ3v) is 4.51. The molecule has 2 rings (SSSR count). The second kappa shape index (κ2) is 5.76. The Morgan fingerprint density at radius 2 is 2.13 bits per heavy atom. The van der Waals surface area contributed by atoms with Gasteiger partial charge in [0.1, 0.15) is 5.03 Å². The molecule has 1 aliphatic rings. The molecule has 1 saturated carbocycles. The normalized spacial score (nSPS) is 17.9. The lowest BCUT2D eigenvalue weighted by atomic mass is 10.0. The van der Waals surface area contributed by atoms with Crippen molar-refractivity contribution in [1.29, 1.82) is 0 Å². The van der Waals surface area contributed by atoms with E-state index in [1.165, 1.54) is 37.7 Å². The number of pyridine rings is 1. The number of hydrogen-bond donors (Lipinski definition) is 0. The van der Waals surface area contributed by atoms with E-state index in [-0.39, 0.29) is 0 Å². The van der Waals surface area contributed by atoms with Crippen molar-refractivity contribution in [3.63, 3.8) is 0 Å². The number of halogens is 1. The van der Waals surface area contributed by atoms with Crippen LogP contribution in [0.5, 0.6) is 0 Å². The molecule has 1 fully saturated rings. The van der Waals surface area contributed by atoms with E-state index < -0.39 is 0 Å². The maximum Gasteiger partial charge on any atom is 0.101 e. The van der Waals surface area contributed by atoms with Crippen LogP contribution in [0.25, 0.3) is 0 Å². The Kier molecular flexibility index (Phi) is 4.33. The van der Waals surface area contributed by atoms with Gasteiger partial charge in [0, 0.05) is 11.4 Å². The molecule has 0 unspecified atom stereocenters. The molecule has 0 bridgehead atoms. The molecule has 15 heavy (non-hydrogen) atoms. The first-order chi connectivity index (χ1) is 7.40. The molecule has 0 amide bonds. The van der Waals surface area contributed by atoms with Gasteiger partial charge in [-0.3, -0.25) is 0 Å². The van der Waals surface area contributed by atoms with Crippen LogP contribution in [0.4, 0.5) is 0 Å². The fraction of sp³-hybridized carbons (Fsp3) is 0.583. The van der Waals surface area contributed by atoms with E-state index in [1.54, 1.807) is 0 Å². The quantitative estimate of drug-likeness (QED) is 0.734. The minimum atomic E-state index is 0.572. The van der Waals surface area contributed by atoms with Gasteiger partial charge in [0.2, 0.25) is 0 Å². The number of rotatable bonds is 3. The summed E-state index contributed by atoms with van der Waals surface area (Å²) in [7, 11) is 0. The van der Waals surface area contributed by atoms with Crippen molar-refractivity contribution in [2.24, 2.45) is 0 Å². The number of thioether (sulfide) groups is 1. The lowest BCUT2D eigenvalue weighted by molar-refractivity contribution is 0.515. The minimum absolute atomic E-state index is 0.572. The lowest BCUT2D eigenvalue weighted by Crippen LogP contribution is -2.08. The molecule has 0 saturated heterocycles. The third-order valence-electron chi connectivity index (χ3n) is 2.82. The Morgan fingerprint density at radius 1 is 1.33 bits per heavy atom. The van der Waals surface area contributed by atoms with Gasteiger partial charge in [0.05, 0.1) is 5.88 Å². The Balaban J connectivity index is 2.02. The van der Waals surface area contributed by atoms with Gasteiger partial charge in [0.25, 0.3) is 0 Å². The highest BCUT2D eigenvalue weighted by molar-refractivity contribution is 7.99. The van der Waals surface area contributed by atoms with Crippen LogP contribution in [-0.2, 0) is 5.88 Å². The summed E-state index contributed by atoms with van der Waals surface area (Å²) in [5.41, 5.74) is 1.18. The summed E-state index contributed by atoms with van der Waals surface area (Å²) in [4.78, 5) is 4.42. The van der Waals surface area contributed by atoms with Gasteiger partial charge in [-0.2, -0.15) is 0 Å². The summed E-state index contributed by atoms with van der Waals surface area (Å²) in [6.45, 7) is 0. The van der Waals surface area contributed by atoms with Gasteiger partial charge in [-0.05, 0) is 24.5 Å². The van der Waals surface area contributed by atoms with Crippen LogP contribution in [0, 0.1) is 0 Å². The summed E-state index contributed by atoms with van der Waals surface area (Å²) in [5.74, 6) is 0.572. The topological polar surface area (TPSA) is 12.9 Å². The van der Waals surface area contributed by atoms with Crippen LogP contribution in [-0.4, -0.2) is 10.2 Å². The van der Waals surface area contributed by atoms with Crippen LogP contribution < -0.4 is 0 Å². The van der Waals surface area contributed by atoms with Crippen molar-refractivity contribution in [3.8, 4) is 0 Å². The van der Waals surface area contributed by atoms with Gasteiger partial charge in [-0.1, -0.05) is 25.3 Å². The van der Waals surface area contributed by atoms with Gasteiger partial charge >= 0.3 is 0 Å². The van der Waals surface area contributed by atoms with Crippen molar-refractivity contribution in [2.45, 2.75) is 48.3 Å². The molecule has 0 atom stereocenters. The zero-order valence-corrected chi connectivity index (χ0v) is 10.4. The Morgan fingerprint density at radius 3 is 2.87 bits per heavy atom. The maximum atomic E-state index is 5.90. The van der Waals surface area contributed by atoms with E-state index >= 15 is 0 Å². The predicted molar refractivity (Wildman–Crippen MR) is 66.5 cm³/mol. The second-order valence-electron chi connectivity index (χ2n) is 3.98. The molecule has 1 aromatic rings. The van der Waals surface area contributed by atoms with E-state index in [1.807, 2.05) is 24.0 Å². The molecule has 1 aliphatic carbocycles. The Bertz CT molecular complexity index is 310. The van der Waals surface area contributed by atoms with E-state index in [2.05, 4.69) is 11.1 Å². The largest absolute Gasteiger partial charge is 0.250 e. The highest BCUT2D eigenvalue weighted by Gasteiger charge is 2.16.